The number of aliphatic carboxylic acids is 1. The summed E-state index contributed by atoms with van der Waals surface area (Å²) in [5.41, 5.74) is 0. The van der Waals surface area contributed by atoms with E-state index in [-0.39, 0.29) is 5.75 Å². The summed E-state index contributed by atoms with van der Waals surface area (Å²) in [5.74, 6) is 0.157. The van der Waals surface area contributed by atoms with Crippen molar-refractivity contribution in [3.05, 3.63) is 5.82 Å². The predicted molar refractivity (Wildman–Crippen MR) is 72.0 cm³/mol. The number of carboxylic acid groups (broad SMARTS) is 1. The number of thioether (sulfide) groups is 1. The standard InChI is InChI=1S/C12H21N3O2S/c1-4-7-9(5-2)15-10(6-3)13-14-12(15)18-8-11(16)17/h9H,4-8H2,1-3H3,(H,16,17). The number of aromatic nitrogens is 3. The summed E-state index contributed by atoms with van der Waals surface area (Å²) < 4.78 is 2.12. The van der Waals surface area contributed by atoms with E-state index >= 15 is 0 Å². The van der Waals surface area contributed by atoms with Crippen LogP contribution in [0.25, 0.3) is 0 Å². The molecule has 0 saturated heterocycles. The van der Waals surface area contributed by atoms with Gasteiger partial charge in [-0.25, -0.2) is 0 Å². The maximum Gasteiger partial charge on any atom is 0.313 e. The minimum atomic E-state index is -0.823. The lowest BCUT2D eigenvalue weighted by Gasteiger charge is -2.19. The molecule has 1 aromatic rings. The van der Waals surface area contributed by atoms with Crippen LogP contribution in [0.2, 0.25) is 0 Å². The molecule has 0 fully saturated rings. The number of hydrogen-bond acceptors (Lipinski definition) is 4. The maximum absolute atomic E-state index is 10.6. The van der Waals surface area contributed by atoms with Crippen LogP contribution in [0.1, 0.15) is 51.9 Å². The zero-order valence-electron chi connectivity index (χ0n) is 11.2. The molecular weight excluding hydrogens is 250 g/mol. The van der Waals surface area contributed by atoms with Gasteiger partial charge in [0.2, 0.25) is 0 Å². The Bertz CT molecular complexity index is 393. The quantitative estimate of drug-likeness (QED) is 0.736. The van der Waals surface area contributed by atoms with E-state index in [1.165, 1.54) is 11.8 Å². The van der Waals surface area contributed by atoms with Crippen LogP contribution in [-0.2, 0) is 11.2 Å². The van der Waals surface area contributed by atoms with Gasteiger partial charge in [-0.05, 0) is 12.8 Å². The third-order valence-corrected chi connectivity index (χ3v) is 3.76. The van der Waals surface area contributed by atoms with Crippen molar-refractivity contribution < 1.29 is 9.90 Å². The van der Waals surface area contributed by atoms with Gasteiger partial charge in [0.05, 0.1) is 5.75 Å². The molecule has 1 rings (SSSR count). The van der Waals surface area contributed by atoms with Crippen LogP contribution >= 0.6 is 11.8 Å². The molecule has 6 heteroatoms. The molecule has 0 bridgehead atoms. The second kappa shape index (κ2) is 7.41. The summed E-state index contributed by atoms with van der Waals surface area (Å²) in [6, 6.07) is 0.372. The molecule has 18 heavy (non-hydrogen) atoms. The first kappa shape index (κ1) is 15.0. The van der Waals surface area contributed by atoms with Crippen LogP contribution in [-0.4, -0.2) is 31.6 Å². The highest BCUT2D eigenvalue weighted by molar-refractivity contribution is 7.99. The van der Waals surface area contributed by atoms with Crippen LogP contribution in [0, 0.1) is 0 Å². The van der Waals surface area contributed by atoms with Crippen LogP contribution < -0.4 is 0 Å². The van der Waals surface area contributed by atoms with Gasteiger partial charge in [0.15, 0.2) is 5.16 Å². The van der Waals surface area contributed by atoms with E-state index in [4.69, 9.17) is 5.11 Å². The van der Waals surface area contributed by atoms with E-state index in [1.54, 1.807) is 0 Å². The van der Waals surface area contributed by atoms with E-state index in [0.29, 0.717) is 6.04 Å². The van der Waals surface area contributed by atoms with E-state index in [0.717, 1.165) is 36.7 Å². The summed E-state index contributed by atoms with van der Waals surface area (Å²) in [7, 11) is 0. The fraction of sp³-hybridized carbons (Fsp3) is 0.750. The molecule has 1 aromatic heterocycles. The Kier molecular flexibility index (Phi) is 6.18. The molecule has 1 heterocycles. The molecule has 0 saturated carbocycles. The molecule has 0 aromatic carbocycles. The molecule has 0 aliphatic rings. The van der Waals surface area contributed by atoms with Crippen molar-refractivity contribution >= 4 is 17.7 Å². The van der Waals surface area contributed by atoms with E-state index in [1.807, 2.05) is 6.92 Å². The molecule has 0 aliphatic heterocycles. The zero-order chi connectivity index (χ0) is 13.5. The lowest BCUT2D eigenvalue weighted by molar-refractivity contribution is -0.133. The van der Waals surface area contributed by atoms with Crippen molar-refractivity contribution in [2.24, 2.45) is 0 Å². The first-order chi connectivity index (χ1) is 8.63. The highest BCUT2D eigenvalue weighted by Crippen LogP contribution is 2.26. The Labute approximate surface area is 112 Å². The van der Waals surface area contributed by atoms with E-state index in [9.17, 15) is 4.79 Å². The average Bonchev–Trinajstić information content (AvgIpc) is 2.76. The first-order valence-electron chi connectivity index (χ1n) is 6.42. The first-order valence-corrected chi connectivity index (χ1v) is 7.40. The van der Waals surface area contributed by atoms with Crippen molar-refractivity contribution in [3.63, 3.8) is 0 Å². The molecule has 0 amide bonds. The fourth-order valence-corrected chi connectivity index (χ4v) is 2.73. The number of aryl methyl sites for hydroxylation is 1. The molecule has 102 valence electrons. The molecule has 0 radical (unpaired) electrons. The lowest BCUT2D eigenvalue weighted by Crippen LogP contribution is -2.13. The predicted octanol–water partition coefficient (Wildman–Crippen LogP) is 2.77. The number of carbonyl (C=O) groups is 1. The second-order valence-corrected chi connectivity index (χ2v) is 5.10. The summed E-state index contributed by atoms with van der Waals surface area (Å²) in [4.78, 5) is 10.6. The monoisotopic (exact) mass is 271 g/mol. The second-order valence-electron chi connectivity index (χ2n) is 4.16. The Balaban J connectivity index is 2.96. The summed E-state index contributed by atoms with van der Waals surface area (Å²) >= 11 is 1.25. The van der Waals surface area contributed by atoms with Crippen LogP contribution in [0.5, 0.6) is 0 Å². The lowest BCUT2D eigenvalue weighted by atomic mass is 10.1. The van der Waals surface area contributed by atoms with Gasteiger partial charge < -0.3 is 9.67 Å². The number of hydrogen-bond donors (Lipinski definition) is 1. The SMILES string of the molecule is CCCC(CC)n1c(CC)nnc1SCC(=O)O. The molecule has 1 N–H and O–H groups in total. The largest absolute Gasteiger partial charge is 0.481 e. The minimum absolute atomic E-state index is 0.0321. The highest BCUT2D eigenvalue weighted by Gasteiger charge is 2.18. The Morgan fingerprint density at radius 2 is 2.11 bits per heavy atom. The van der Waals surface area contributed by atoms with Crippen LogP contribution in [0.3, 0.4) is 0 Å². The van der Waals surface area contributed by atoms with Gasteiger partial charge in [-0.3, -0.25) is 4.79 Å². The Morgan fingerprint density at radius 3 is 2.61 bits per heavy atom. The van der Waals surface area contributed by atoms with Crippen molar-refractivity contribution in [2.45, 2.75) is 57.7 Å². The van der Waals surface area contributed by atoms with Crippen molar-refractivity contribution in [2.75, 3.05) is 5.75 Å². The number of rotatable bonds is 8. The number of nitrogens with zero attached hydrogens (tertiary/aromatic N) is 3. The van der Waals surface area contributed by atoms with E-state index < -0.39 is 5.97 Å². The Morgan fingerprint density at radius 1 is 1.39 bits per heavy atom. The maximum atomic E-state index is 10.6. The molecular formula is C12H21N3O2S. The normalized spacial score (nSPS) is 12.6. The average molecular weight is 271 g/mol. The van der Waals surface area contributed by atoms with Gasteiger partial charge in [0.25, 0.3) is 0 Å². The van der Waals surface area contributed by atoms with Gasteiger partial charge in [-0.1, -0.05) is 39.0 Å². The Hall–Kier alpha value is -1.04. The molecule has 1 atom stereocenters. The van der Waals surface area contributed by atoms with Crippen molar-refractivity contribution in [1.82, 2.24) is 14.8 Å². The molecule has 1 unspecified atom stereocenters. The van der Waals surface area contributed by atoms with Gasteiger partial charge in [-0.15, -0.1) is 10.2 Å². The van der Waals surface area contributed by atoms with Crippen LogP contribution in [0.15, 0.2) is 5.16 Å². The molecule has 0 aliphatic carbocycles. The van der Waals surface area contributed by atoms with Gasteiger partial charge in [-0.2, -0.15) is 0 Å². The summed E-state index contributed by atoms with van der Waals surface area (Å²) in [5, 5.41) is 17.8. The van der Waals surface area contributed by atoms with E-state index in [2.05, 4.69) is 28.6 Å². The van der Waals surface area contributed by atoms with Gasteiger partial charge in [0, 0.05) is 12.5 Å². The van der Waals surface area contributed by atoms with Crippen molar-refractivity contribution in [3.8, 4) is 0 Å². The fourth-order valence-electron chi connectivity index (χ4n) is 1.99. The summed E-state index contributed by atoms with van der Waals surface area (Å²) in [6.07, 6.45) is 4.01. The van der Waals surface area contributed by atoms with Gasteiger partial charge in [0.1, 0.15) is 5.82 Å². The minimum Gasteiger partial charge on any atom is -0.481 e. The van der Waals surface area contributed by atoms with Crippen LogP contribution in [0.4, 0.5) is 0 Å². The zero-order valence-corrected chi connectivity index (χ0v) is 12.0. The smallest absolute Gasteiger partial charge is 0.313 e. The van der Waals surface area contributed by atoms with Gasteiger partial charge >= 0.3 is 5.97 Å². The highest BCUT2D eigenvalue weighted by atomic mass is 32.2. The third kappa shape index (κ3) is 3.73. The third-order valence-electron chi connectivity index (χ3n) is 2.83. The number of carboxylic acids is 1. The molecule has 5 nitrogen and oxygen atoms in total. The van der Waals surface area contributed by atoms with Crippen molar-refractivity contribution in [1.29, 1.82) is 0 Å². The summed E-state index contributed by atoms with van der Waals surface area (Å²) in [6.45, 7) is 6.35. The molecule has 0 spiro atoms. The topological polar surface area (TPSA) is 68.0 Å².